The molecule has 0 unspecified atom stereocenters. The maximum atomic E-state index is 4.62. The summed E-state index contributed by atoms with van der Waals surface area (Å²) in [7, 11) is 4.29. The Morgan fingerprint density at radius 2 is 2.04 bits per heavy atom. The molecule has 0 radical (unpaired) electrons. The number of hydrogen-bond acceptors (Lipinski definition) is 4. The molecule has 1 saturated heterocycles. The second-order valence-electron chi connectivity index (χ2n) is 7.30. The zero-order valence-corrected chi connectivity index (χ0v) is 15.6. The number of anilines is 3. The highest BCUT2D eigenvalue weighted by molar-refractivity contribution is 5.94. The highest BCUT2D eigenvalue weighted by Crippen LogP contribution is 2.30. The van der Waals surface area contributed by atoms with E-state index in [1.807, 2.05) is 12.4 Å². The number of nitrogens with zero attached hydrogens (tertiary/aromatic N) is 3. The molecule has 26 heavy (non-hydrogen) atoms. The molecule has 1 aromatic carbocycles. The maximum absolute atomic E-state index is 4.62. The van der Waals surface area contributed by atoms with Crippen LogP contribution in [0.25, 0.3) is 10.9 Å². The van der Waals surface area contributed by atoms with Crippen LogP contribution in [-0.2, 0) is 0 Å². The minimum absolute atomic E-state index is 0.751. The van der Waals surface area contributed by atoms with Gasteiger partial charge in [-0.3, -0.25) is 0 Å². The van der Waals surface area contributed by atoms with E-state index in [9.17, 15) is 0 Å². The molecule has 2 aromatic heterocycles. The van der Waals surface area contributed by atoms with Gasteiger partial charge in [0.1, 0.15) is 5.82 Å². The summed E-state index contributed by atoms with van der Waals surface area (Å²) in [6.45, 7) is 3.42. The van der Waals surface area contributed by atoms with Crippen LogP contribution in [0.15, 0.2) is 48.8 Å². The van der Waals surface area contributed by atoms with Crippen LogP contribution in [0, 0.1) is 5.92 Å². The third-order valence-electron chi connectivity index (χ3n) is 5.48. The summed E-state index contributed by atoms with van der Waals surface area (Å²) in [4.78, 5) is 12.5. The second kappa shape index (κ2) is 7.38. The average molecular weight is 349 g/mol. The van der Waals surface area contributed by atoms with E-state index in [1.165, 1.54) is 37.0 Å². The van der Waals surface area contributed by atoms with Gasteiger partial charge in [-0.05, 0) is 69.2 Å². The number of H-pyrrole nitrogens is 1. The Balaban J connectivity index is 1.41. The van der Waals surface area contributed by atoms with Gasteiger partial charge in [-0.1, -0.05) is 6.07 Å². The van der Waals surface area contributed by atoms with E-state index in [2.05, 4.69) is 75.6 Å². The van der Waals surface area contributed by atoms with Crippen molar-refractivity contribution in [2.24, 2.45) is 5.92 Å². The first-order valence-electron chi connectivity index (χ1n) is 9.39. The lowest BCUT2D eigenvalue weighted by Crippen LogP contribution is -2.33. The SMILES string of the molecule is CN1CCC(CNc2ccc(N(C)c3cccc4[nH]ccc34)cn2)CC1. The molecule has 5 heteroatoms. The van der Waals surface area contributed by atoms with E-state index in [0.717, 1.165) is 29.5 Å². The van der Waals surface area contributed by atoms with Gasteiger partial charge in [0.15, 0.2) is 0 Å². The number of hydrogen-bond donors (Lipinski definition) is 2. The van der Waals surface area contributed by atoms with Gasteiger partial charge in [0.25, 0.3) is 0 Å². The number of rotatable bonds is 5. The average Bonchev–Trinajstić information content (AvgIpc) is 3.16. The lowest BCUT2D eigenvalue weighted by Gasteiger charge is -2.29. The number of piperidine rings is 1. The molecule has 4 rings (SSSR count). The quantitative estimate of drug-likeness (QED) is 0.728. The first-order chi connectivity index (χ1) is 12.7. The van der Waals surface area contributed by atoms with Crippen LogP contribution in [0.1, 0.15) is 12.8 Å². The molecule has 5 nitrogen and oxygen atoms in total. The first kappa shape index (κ1) is 16.9. The van der Waals surface area contributed by atoms with Crippen LogP contribution in [0.4, 0.5) is 17.2 Å². The fraction of sp³-hybridized carbons (Fsp3) is 0.381. The Labute approximate surface area is 155 Å². The molecule has 1 aliphatic heterocycles. The number of aromatic nitrogens is 2. The fourth-order valence-electron chi connectivity index (χ4n) is 3.70. The molecule has 0 amide bonds. The van der Waals surface area contributed by atoms with Gasteiger partial charge in [0.2, 0.25) is 0 Å². The van der Waals surface area contributed by atoms with Crippen LogP contribution in [0.3, 0.4) is 0 Å². The van der Waals surface area contributed by atoms with Crippen LogP contribution >= 0.6 is 0 Å². The van der Waals surface area contributed by atoms with Crippen molar-refractivity contribution in [2.75, 3.05) is 43.9 Å². The monoisotopic (exact) mass is 349 g/mol. The third kappa shape index (κ3) is 3.53. The van der Waals surface area contributed by atoms with Crippen LogP contribution in [-0.4, -0.2) is 48.6 Å². The largest absolute Gasteiger partial charge is 0.370 e. The Morgan fingerprint density at radius 3 is 2.81 bits per heavy atom. The van der Waals surface area contributed by atoms with Crippen LogP contribution in [0.5, 0.6) is 0 Å². The summed E-state index contributed by atoms with van der Waals surface area (Å²) in [5, 5.41) is 4.73. The second-order valence-corrected chi connectivity index (χ2v) is 7.30. The van der Waals surface area contributed by atoms with E-state index in [0.29, 0.717) is 0 Å². The van der Waals surface area contributed by atoms with Crippen molar-refractivity contribution in [3.63, 3.8) is 0 Å². The Morgan fingerprint density at radius 1 is 1.19 bits per heavy atom. The zero-order valence-electron chi connectivity index (χ0n) is 15.6. The summed E-state index contributed by atoms with van der Waals surface area (Å²) in [5.41, 5.74) is 3.42. The van der Waals surface area contributed by atoms with E-state index < -0.39 is 0 Å². The molecule has 3 aromatic rings. The maximum Gasteiger partial charge on any atom is 0.126 e. The lowest BCUT2D eigenvalue weighted by molar-refractivity contribution is 0.226. The summed E-state index contributed by atoms with van der Waals surface area (Å²) in [6, 6.07) is 12.7. The minimum atomic E-state index is 0.751. The van der Waals surface area contributed by atoms with Gasteiger partial charge in [0.05, 0.1) is 17.6 Å². The number of benzene rings is 1. The number of likely N-dealkylation sites (tertiary alicyclic amines) is 1. The van der Waals surface area contributed by atoms with E-state index in [-0.39, 0.29) is 0 Å². The van der Waals surface area contributed by atoms with Crippen molar-refractivity contribution in [2.45, 2.75) is 12.8 Å². The molecular weight excluding hydrogens is 322 g/mol. The van der Waals surface area contributed by atoms with Gasteiger partial charge in [-0.25, -0.2) is 4.98 Å². The summed E-state index contributed by atoms with van der Waals surface area (Å²) in [5.74, 6) is 1.71. The molecule has 0 aliphatic carbocycles. The molecule has 0 saturated carbocycles. The Bertz CT molecular complexity index is 846. The number of aromatic amines is 1. The lowest BCUT2D eigenvalue weighted by atomic mass is 9.97. The van der Waals surface area contributed by atoms with Gasteiger partial charge >= 0.3 is 0 Å². The molecule has 136 valence electrons. The van der Waals surface area contributed by atoms with Crippen molar-refractivity contribution >= 4 is 28.1 Å². The predicted octanol–water partition coefficient (Wildman–Crippen LogP) is 4.08. The van der Waals surface area contributed by atoms with Gasteiger partial charge in [-0.2, -0.15) is 0 Å². The number of pyridine rings is 1. The first-order valence-corrected chi connectivity index (χ1v) is 9.39. The van der Waals surface area contributed by atoms with Crippen molar-refractivity contribution < 1.29 is 0 Å². The minimum Gasteiger partial charge on any atom is -0.370 e. The summed E-state index contributed by atoms with van der Waals surface area (Å²) in [6.07, 6.45) is 6.47. The van der Waals surface area contributed by atoms with Gasteiger partial charge in [0, 0.05) is 30.7 Å². The van der Waals surface area contributed by atoms with E-state index in [4.69, 9.17) is 0 Å². The van der Waals surface area contributed by atoms with Gasteiger partial charge < -0.3 is 20.1 Å². The fourth-order valence-corrected chi connectivity index (χ4v) is 3.70. The third-order valence-corrected chi connectivity index (χ3v) is 5.48. The predicted molar refractivity (Wildman–Crippen MR) is 109 cm³/mol. The van der Waals surface area contributed by atoms with Crippen molar-refractivity contribution in [1.29, 1.82) is 0 Å². The van der Waals surface area contributed by atoms with Crippen molar-refractivity contribution in [1.82, 2.24) is 14.9 Å². The molecule has 1 aliphatic rings. The smallest absolute Gasteiger partial charge is 0.126 e. The summed E-state index contributed by atoms with van der Waals surface area (Å²) >= 11 is 0. The molecule has 1 fully saturated rings. The Hall–Kier alpha value is -2.53. The molecule has 0 atom stereocenters. The van der Waals surface area contributed by atoms with E-state index in [1.54, 1.807) is 0 Å². The molecule has 0 spiro atoms. The zero-order chi connectivity index (χ0) is 17.9. The normalized spacial score (nSPS) is 16.1. The summed E-state index contributed by atoms with van der Waals surface area (Å²) < 4.78 is 0. The molecule has 0 bridgehead atoms. The number of fused-ring (bicyclic) bond motifs is 1. The molecular formula is C21H27N5. The topological polar surface area (TPSA) is 47.2 Å². The highest BCUT2D eigenvalue weighted by atomic mass is 15.1. The van der Waals surface area contributed by atoms with Crippen molar-refractivity contribution in [3.05, 3.63) is 48.8 Å². The Kier molecular flexibility index (Phi) is 4.80. The van der Waals surface area contributed by atoms with Crippen molar-refractivity contribution in [3.8, 4) is 0 Å². The van der Waals surface area contributed by atoms with Crippen LogP contribution < -0.4 is 10.2 Å². The molecule has 3 heterocycles. The number of nitrogens with one attached hydrogen (secondary N) is 2. The molecule has 2 N–H and O–H groups in total. The van der Waals surface area contributed by atoms with E-state index >= 15 is 0 Å². The standard InChI is InChI=1S/C21H27N5/c1-25-12-9-16(10-13-25)14-23-21-7-6-17(15-24-21)26(2)20-5-3-4-19-18(20)8-11-22-19/h3-8,11,15-16,22H,9-10,12-14H2,1-2H3,(H,23,24). The van der Waals surface area contributed by atoms with Gasteiger partial charge in [-0.15, -0.1) is 0 Å². The van der Waals surface area contributed by atoms with Crippen LogP contribution in [0.2, 0.25) is 0 Å². The highest BCUT2D eigenvalue weighted by Gasteiger charge is 2.16.